The number of benzene rings is 6. The molecule has 0 spiro atoms. The van der Waals surface area contributed by atoms with E-state index in [4.69, 9.17) is 20.4 Å². The second kappa shape index (κ2) is 15.5. The third-order valence-electron chi connectivity index (χ3n) is 11.1. The molecule has 8 rings (SSSR count). The van der Waals surface area contributed by atoms with Crippen LogP contribution < -0.4 is 5.73 Å². The molecule has 0 saturated carbocycles. The first-order chi connectivity index (χ1) is 27.5. The first-order valence-electron chi connectivity index (χ1n) is 18.8. The number of esters is 1. The lowest BCUT2D eigenvalue weighted by atomic mass is 9.55. The van der Waals surface area contributed by atoms with Gasteiger partial charge in [-0.3, -0.25) is 4.79 Å². The number of carbonyl (C=O) groups excluding carboxylic acids is 1. The van der Waals surface area contributed by atoms with Crippen LogP contribution in [-0.4, -0.2) is 38.1 Å². The molecule has 0 saturated heterocycles. The summed E-state index contributed by atoms with van der Waals surface area (Å²) in [5.41, 5.74) is 11.5. The van der Waals surface area contributed by atoms with Crippen LogP contribution in [0.15, 0.2) is 207 Å². The summed E-state index contributed by atoms with van der Waals surface area (Å²) in [6, 6.07) is 61.9. The molecule has 7 nitrogen and oxygen atoms in total. The monoisotopic (exact) mass is 733 g/mol. The van der Waals surface area contributed by atoms with E-state index in [-0.39, 0.29) is 6.42 Å². The van der Waals surface area contributed by atoms with E-state index in [9.17, 15) is 4.79 Å². The lowest BCUT2D eigenvalue weighted by Gasteiger charge is -2.48. The Hall–Kier alpha value is -6.83. The van der Waals surface area contributed by atoms with E-state index in [0.717, 1.165) is 33.4 Å². The van der Waals surface area contributed by atoms with E-state index in [1.807, 2.05) is 91.5 Å². The van der Waals surface area contributed by atoms with Gasteiger partial charge in [-0.1, -0.05) is 182 Å². The van der Waals surface area contributed by atoms with Crippen LogP contribution in [0.1, 0.15) is 50.7 Å². The first kappa shape index (κ1) is 36.2. The molecule has 2 heterocycles. The number of aromatic amines is 1. The molecule has 2 aromatic heterocycles. The molecule has 0 radical (unpaired) electrons. The number of ether oxygens (including phenoxy) is 1. The van der Waals surface area contributed by atoms with Gasteiger partial charge in [0.15, 0.2) is 0 Å². The maximum atomic E-state index is 14.8. The molecule has 0 amide bonds. The molecule has 6 aromatic carbocycles. The fourth-order valence-corrected chi connectivity index (χ4v) is 8.81. The Morgan fingerprint density at radius 3 is 1.38 bits per heavy atom. The highest BCUT2D eigenvalue weighted by Crippen LogP contribution is 2.54. The molecule has 2 atom stereocenters. The molecule has 8 aromatic rings. The van der Waals surface area contributed by atoms with Gasteiger partial charge < -0.3 is 20.0 Å². The average molecular weight is 734 g/mol. The zero-order valence-corrected chi connectivity index (χ0v) is 31.1. The Kier molecular flexibility index (Phi) is 10.0. The fourth-order valence-electron chi connectivity index (χ4n) is 8.81. The third kappa shape index (κ3) is 6.12. The van der Waals surface area contributed by atoms with Crippen molar-refractivity contribution in [1.82, 2.24) is 19.5 Å². The summed E-state index contributed by atoms with van der Waals surface area (Å²) < 4.78 is 7.86. The van der Waals surface area contributed by atoms with Crippen LogP contribution in [0.2, 0.25) is 0 Å². The van der Waals surface area contributed by atoms with Crippen molar-refractivity contribution in [3.63, 3.8) is 0 Å². The van der Waals surface area contributed by atoms with Crippen molar-refractivity contribution in [2.75, 3.05) is 7.11 Å². The van der Waals surface area contributed by atoms with Crippen molar-refractivity contribution in [3.8, 4) is 0 Å². The number of aromatic nitrogens is 4. The number of nitrogens with zero attached hydrogens (tertiary/aromatic N) is 3. The lowest BCUT2D eigenvalue weighted by Crippen LogP contribution is -2.61. The second-order valence-electron chi connectivity index (χ2n) is 14.1. The van der Waals surface area contributed by atoms with E-state index >= 15 is 0 Å². The van der Waals surface area contributed by atoms with Crippen LogP contribution in [-0.2, 0) is 26.9 Å². The fraction of sp³-hybridized carbons (Fsp3) is 0.122. The molecule has 3 N–H and O–H groups in total. The predicted molar refractivity (Wildman–Crippen MR) is 220 cm³/mol. The molecule has 0 fully saturated rings. The van der Waals surface area contributed by atoms with Gasteiger partial charge in [0.05, 0.1) is 36.6 Å². The lowest BCUT2D eigenvalue weighted by molar-refractivity contribution is -0.148. The van der Waals surface area contributed by atoms with Crippen LogP contribution in [0.3, 0.4) is 0 Å². The van der Waals surface area contributed by atoms with Crippen LogP contribution in [0.4, 0.5) is 0 Å². The Labute approximate surface area is 327 Å². The molecular formula is C49H43N5O2. The Morgan fingerprint density at radius 1 is 0.625 bits per heavy atom. The number of hydrogen-bond donors (Lipinski definition) is 2. The molecule has 276 valence electrons. The zero-order valence-electron chi connectivity index (χ0n) is 31.1. The van der Waals surface area contributed by atoms with Gasteiger partial charge in [-0.25, -0.2) is 9.97 Å². The summed E-state index contributed by atoms with van der Waals surface area (Å²) in [6.07, 6.45) is 7.38. The van der Waals surface area contributed by atoms with Crippen molar-refractivity contribution >= 4 is 5.97 Å². The predicted octanol–water partition coefficient (Wildman–Crippen LogP) is 8.68. The first-order valence-corrected chi connectivity index (χ1v) is 18.8. The van der Waals surface area contributed by atoms with Crippen molar-refractivity contribution in [2.24, 2.45) is 5.73 Å². The number of carbonyl (C=O) groups is 1. The Morgan fingerprint density at radius 2 is 1.02 bits per heavy atom. The number of imidazole rings is 2. The molecule has 0 aliphatic heterocycles. The van der Waals surface area contributed by atoms with Gasteiger partial charge in [0.1, 0.15) is 11.1 Å². The molecule has 0 aliphatic carbocycles. The van der Waals surface area contributed by atoms with Gasteiger partial charge in [-0.15, -0.1) is 0 Å². The number of H-pyrrole nitrogens is 1. The number of rotatable bonds is 13. The highest BCUT2D eigenvalue weighted by molar-refractivity contribution is 5.84. The van der Waals surface area contributed by atoms with Gasteiger partial charge in [0, 0.05) is 24.7 Å². The van der Waals surface area contributed by atoms with Gasteiger partial charge in [-0.2, -0.15) is 0 Å². The van der Waals surface area contributed by atoms with Crippen molar-refractivity contribution < 1.29 is 9.53 Å². The highest BCUT2D eigenvalue weighted by atomic mass is 16.5. The molecular weight excluding hydrogens is 691 g/mol. The number of nitrogens with two attached hydrogens (primary N) is 1. The summed E-state index contributed by atoms with van der Waals surface area (Å²) in [7, 11) is 1.39. The van der Waals surface area contributed by atoms with Crippen LogP contribution in [0, 0.1) is 0 Å². The molecule has 56 heavy (non-hydrogen) atoms. The van der Waals surface area contributed by atoms with Gasteiger partial charge in [0.2, 0.25) is 0 Å². The Balaban J connectivity index is 1.38. The maximum Gasteiger partial charge on any atom is 0.327 e. The van der Waals surface area contributed by atoms with Gasteiger partial charge in [0.25, 0.3) is 0 Å². The van der Waals surface area contributed by atoms with Crippen molar-refractivity contribution in [3.05, 3.63) is 252 Å². The summed E-state index contributed by atoms with van der Waals surface area (Å²) in [5.74, 6) is -1.37. The van der Waals surface area contributed by atoms with E-state index in [1.54, 1.807) is 6.33 Å². The standard InChI is InChI=1S/C49H43N5O2/c1-56-46(55)47(50,32-43-34-54(36-53-43)49(40-26-14-5-15-27-40,41-28-16-6-17-29-41)42-30-18-7-19-31-42)45(44-33-51-35-52-44)48(37-20-8-2-9-21-37,38-22-10-3-11-23-38)39-24-12-4-13-25-39/h2-31,33-36,45H,32,50H2,1H3,(H,51,52). The summed E-state index contributed by atoms with van der Waals surface area (Å²) in [4.78, 5) is 27.9. The summed E-state index contributed by atoms with van der Waals surface area (Å²) in [5, 5.41) is 0. The smallest absolute Gasteiger partial charge is 0.327 e. The van der Waals surface area contributed by atoms with Crippen LogP contribution in [0.5, 0.6) is 0 Å². The van der Waals surface area contributed by atoms with E-state index in [2.05, 4.69) is 119 Å². The Bertz CT molecular complexity index is 2260. The second-order valence-corrected chi connectivity index (χ2v) is 14.1. The number of nitrogens with one attached hydrogen (secondary N) is 1. The number of hydrogen-bond acceptors (Lipinski definition) is 5. The maximum absolute atomic E-state index is 14.8. The average Bonchev–Trinajstić information content (AvgIpc) is 3.98. The van der Waals surface area contributed by atoms with Gasteiger partial charge >= 0.3 is 5.97 Å². The van der Waals surface area contributed by atoms with Crippen LogP contribution in [0.25, 0.3) is 0 Å². The molecule has 2 unspecified atom stereocenters. The highest BCUT2D eigenvalue weighted by Gasteiger charge is 2.58. The molecule has 0 bridgehead atoms. The van der Waals surface area contributed by atoms with Crippen molar-refractivity contribution in [1.29, 1.82) is 0 Å². The molecule has 0 aliphatic rings. The van der Waals surface area contributed by atoms with Crippen molar-refractivity contribution in [2.45, 2.75) is 28.8 Å². The summed E-state index contributed by atoms with van der Waals surface area (Å²) >= 11 is 0. The van der Waals surface area contributed by atoms with E-state index < -0.39 is 28.4 Å². The topological polar surface area (TPSA) is 98.8 Å². The van der Waals surface area contributed by atoms with E-state index in [0.29, 0.717) is 11.4 Å². The SMILES string of the molecule is COC(=O)C(N)(Cc1cn(C(c2ccccc2)(c2ccccc2)c2ccccc2)cn1)C(c1c[nH]cn1)C(c1ccccc1)(c1ccccc1)c1ccccc1. The third-order valence-corrected chi connectivity index (χ3v) is 11.1. The quantitative estimate of drug-likeness (QED) is 0.0913. The molecule has 7 heteroatoms. The minimum Gasteiger partial charge on any atom is -0.468 e. The van der Waals surface area contributed by atoms with Crippen LogP contribution >= 0.6 is 0 Å². The summed E-state index contributed by atoms with van der Waals surface area (Å²) in [6.45, 7) is 0. The van der Waals surface area contributed by atoms with Gasteiger partial charge in [-0.05, 0) is 33.4 Å². The zero-order chi connectivity index (χ0) is 38.4. The largest absolute Gasteiger partial charge is 0.468 e. The minimum atomic E-state index is -1.71. The van der Waals surface area contributed by atoms with E-state index in [1.165, 1.54) is 7.11 Å². The minimum absolute atomic E-state index is 0.0346. The normalized spacial score (nSPS) is 13.4. The number of methoxy groups -OCH3 is 1.